The number of hydrogen-bond acceptors (Lipinski definition) is 3. The summed E-state index contributed by atoms with van der Waals surface area (Å²) in [7, 11) is 1.52. The number of rotatable bonds is 6. The Bertz CT molecular complexity index is 488. The molecule has 0 atom stereocenters. The monoisotopic (exact) mass is 328 g/mol. The van der Waals surface area contributed by atoms with Crippen LogP contribution in [0.15, 0.2) is 22.7 Å². The van der Waals surface area contributed by atoms with E-state index in [0.29, 0.717) is 17.6 Å². The first-order chi connectivity index (χ1) is 9.10. The number of halogens is 2. The molecule has 102 valence electrons. The van der Waals surface area contributed by atoms with Crippen molar-refractivity contribution >= 4 is 21.8 Å². The third kappa shape index (κ3) is 4.62. The standard InChI is InChI=1S/C13H14BrFN2O2/c1-19-8-7-17(6-2-5-16)13(18)11-4-3-10(14)9-12(11)15/h3-4,9H,2,6-8H2,1H3. The van der Waals surface area contributed by atoms with E-state index in [1.165, 1.54) is 24.1 Å². The minimum absolute atomic E-state index is 0.00255. The number of benzene rings is 1. The number of ether oxygens (including phenoxy) is 1. The van der Waals surface area contributed by atoms with Crippen molar-refractivity contribution in [3.8, 4) is 6.07 Å². The van der Waals surface area contributed by atoms with Crippen molar-refractivity contribution in [2.24, 2.45) is 0 Å². The highest BCUT2D eigenvalue weighted by molar-refractivity contribution is 9.10. The molecule has 0 aliphatic rings. The van der Waals surface area contributed by atoms with Gasteiger partial charge in [-0.25, -0.2) is 4.39 Å². The summed E-state index contributed by atoms with van der Waals surface area (Å²) in [4.78, 5) is 13.6. The van der Waals surface area contributed by atoms with Gasteiger partial charge in [-0.2, -0.15) is 5.26 Å². The Morgan fingerprint density at radius 2 is 2.26 bits per heavy atom. The van der Waals surface area contributed by atoms with Gasteiger partial charge >= 0.3 is 0 Å². The van der Waals surface area contributed by atoms with Crippen LogP contribution in [0.1, 0.15) is 16.8 Å². The molecule has 1 aromatic rings. The fourth-order valence-corrected chi connectivity index (χ4v) is 1.87. The maximum Gasteiger partial charge on any atom is 0.256 e. The Balaban J connectivity index is 2.88. The molecule has 0 saturated heterocycles. The molecular formula is C13H14BrFN2O2. The smallest absolute Gasteiger partial charge is 0.256 e. The first-order valence-corrected chi connectivity index (χ1v) is 6.49. The average Bonchev–Trinajstić information content (AvgIpc) is 2.38. The van der Waals surface area contributed by atoms with Gasteiger partial charge in [0, 0.05) is 24.7 Å². The van der Waals surface area contributed by atoms with Crippen molar-refractivity contribution in [1.29, 1.82) is 5.26 Å². The van der Waals surface area contributed by atoms with Crippen LogP contribution < -0.4 is 0 Å². The molecule has 19 heavy (non-hydrogen) atoms. The van der Waals surface area contributed by atoms with Gasteiger partial charge in [-0.3, -0.25) is 4.79 Å². The highest BCUT2D eigenvalue weighted by atomic mass is 79.9. The summed E-state index contributed by atoms with van der Waals surface area (Å²) in [5.74, 6) is -1.02. The normalized spacial score (nSPS) is 10.0. The summed E-state index contributed by atoms with van der Waals surface area (Å²) in [5, 5.41) is 8.58. The molecule has 4 nitrogen and oxygen atoms in total. The fraction of sp³-hybridized carbons (Fsp3) is 0.385. The van der Waals surface area contributed by atoms with Crippen molar-refractivity contribution < 1.29 is 13.9 Å². The number of amides is 1. The molecule has 0 aliphatic carbocycles. The van der Waals surface area contributed by atoms with Gasteiger partial charge in [0.05, 0.1) is 24.7 Å². The fourth-order valence-electron chi connectivity index (χ4n) is 1.53. The van der Waals surface area contributed by atoms with E-state index in [2.05, 4.69) is 15.9 Å². The Morgan fingerprint density at radius 3 is 2.84 bits per heavy atom. The first-order valence-electron chi connectivity index (χ1n) is 5.70. The second-order valence-electron chi connectivity index (χ2n) is 3.82. The number of carbonyl (C=O) groups is 1. The number of nitrogens with zero attached hydrogens (tertiary/aromatic N) is 2. The van der Waals surface area contributed by atoms with E-state index in [1.807, 2.05) is 6.07 Å². The molecule has 0 aliphatic heterocycles. The van der Waals surface area contributed by atoms with Crippen LogP contribution in [0.2, 0.25) is 0 Å². The zero-order chi connectivity index (χ0) is 14.3. The zero-order valence-electron chi connectivity index (χ0n) is 10.5. The van der Waals surface area contributed by atoms with Gasteiger partial charge in [0.25, 0.3) is 5.91 Å². The van der Waals surface area contributed by atoms with Crippen LogP contribution in [-0.2, 0) is 4.74 Å². The molecule has 1 rings (SSSR count). The number of carbonyl (C=O) groups excluding carboxylic acids is 1. The van der Waals surface area contributed by atoms with E-state index in [-0.39, 0.29) is 18.5 Å². The van der Waals surface area contributed by atoms with Gasteiger partial charge < -0.3 is 9.64 Å². The van der Waals surface area contributed by atoms with Gasteiger partial charge in [0.2, 0.25) is 0 Å². The van der Waals surface area contributed by atoms with Crippen molar-refractivity contribution in [2.45, 2.75) is 6.42 Å². The SMILES string of the molecule is COCCN(CCC#N)C(=O)c1ccc(Br)cc1F. The van der Waals surface area contributed by atoms with E-state index in [4.69, 9.17) is 10.00 Å². The van der Waals surface area contributed by atoms with Gasteiger partial charge in [-0.1, -0.05) is 15.9 Å². The van der Waals surface area contributed by atoms with Crippen molar-refractivity contribution in [2.75, 3.05) is 26.8 Å². The van der Waals surface area contributed by atoms with E-state index in [9.17, 15) is 9.18 Å². The lowest BCUT2D eigenvalue weighted by Gasteiger charge is -2.21. The van der Waals surface area contributed by atoms with Crippen molar-refractivity contribution in [3.05, 3.63) is 34.1 Å². The van der Waals surface area contributed by atoms with Crippen LogP contribution in [0.25, 0.3) is 0 Å². The van der Waals surface area contributed by atoms with Crippen LogP contribution in [0, 0.1) is 17.1 Å². The number of methoxy groups -OCH3 is 1. The van der Waals surface area contributed by atoms with Crippen LogP contribution in [0.5, 0.6) is 0 Å². The van der Waals surface area contributed by atoms with Gasteiger partial charge in [-0.05, 0) is 18.2 Å². The van der Waals surface area contributed by atoms with Crippen molar-refractivity contribution in [3.63, 3.8) is 0 Å². The van der Waals surface area contributed by atoms with E-state index in [0.717, 1.165) is 0 Å². The molecule has 0 fully saturated rings. The molecule has 1 aromatic carbocycles. The molecule has 0 bridgehead atoms. The third-order valence-electron chi connectivity index (χ3n) is 2.51. The van der Waals surface area contributed by atoms with Crippen LogP contribution in [0.4, 0.5) is 4.39 Å². The van der Waals surface area contributed by atoms with E-state index in [1.54, 1.807) is 6.07 Å². The lowest BCUT2D eigenvalue weighted by atomic mass is 10.2. The Labute approximate surface area is 119 Å². The molecular weight excluding hydrogens is 315 g/mol. The second kappa shape index (κ2) is 7.87. The topological polar surface area (TPSA) is 53.3 Å². The molecule has 1 amide bonds. The number of hydrogen-bond donors (Lipinski definition) is 0. The molecule has 0 radical (unpaired) electrons. The molecule has 0 N–H and O–H groups in total. The highest BCUT2D eigenvalue weighted by Gasteiger charge is 2.18. The van der Waals surface area contributed by atoms with Crippen LogP contribution in [0.3, 0.4) is 0 Å². The Morgan fingerprint density at radius 1 is 1.53 bits per heavy atom. The van der Waals surface area contributed by atoms with Crippen molar-refractivity contribution in [1.82, 2.24) is 4.90 Å². The maximum atomic E-state index is 13.7. The largest absolute Gasteiger partial charge is 0.383 e. The lowest BCUT2D eigenvalue weighted by molar-refractivity contribution is 0.0695. The molecule has 0 saturated carbocycles. The van der Waals surface area contributed by atoms with Crippen LogP contribution >= 0.6 is 15.9 Å². The van der Waals surface area contributed by atoms with Gasteiger partial charge in [0.15, 0.2) is 0 Å². The quantitative estimate of drug-likeness (QED) is 0.806. The molecule has 0 aromatic heterocycles. The summed E-state index contributed by atoms with van der Waals surface area (Å²) in [6, 6.07) is 6.24. The minimum Gasteiger partial charge on any atom is -0.383 e. The van der Waals surface area contributed by atoms with Gasteiger partial charge in [0.1, 0.15) is 5.82 Å². The van der Waals surface area contributed by atoms with E-state index < -0.39 is 11.7 Å². The predicted octanol–water partition coefficient (Wildman–Crippen LogP) is 2.59. The predicted molar refractivity (Wildman–Crippen MR) is 72.1 cm³/mol. The summed E-state index contributed by atoms with van der Waals surface area (Å²) in [6.45, 7) is 0.927. The second-order valence-corrected chi connectivity index (χ2v) is 4.73. The molecule has 0 unspecified atom stereocenters. The molecule has 6 heteroatoms. The van der Waals surface area contributed by atoms with Gasteiger partial charge in [-0.15, -0.1) is 0 Å². The Kier molecular flexibility index (Phi) is 6.46. The molecule has 0 heterocycles. The summed E-state index contributed by atoms with van der Waals surface area (Å²) >= 11 is 3.14. The first kappa shape index (κ1) is 15.6. The molecule has 0 spiro atoms. The van der Waals surface area contributed by atoms with Crippen LogP contribution in [-0.4, -0.2) is 37.6 Å². The Hall–Kier alpha value is -1.45. The lowest BCUT2D eigenvalue weighted by Crippen LogP contribution is -2.35. The summed E-state index contributed by atoms with van der Waals surface area (Å²) in [5.41, 5.74) is -0.00255. The summed E-state index contributed by atoms with van der Waals surface area (Å²) in [6.07, 6.45) is 0.202. The highest BCUT2D eigenvalue weighted by Crippen LogP contribution is 2.17. The minimum atomic E-state index is -0.584. The zero-order valence-corrected chi connectivity index (χ0v) is 12.1. The third-order valence-corrected chi connectivity index (χ3v) is 3.00. The average molecular weight is 329 g/mol. The van der Waals surface area contributed by atoms with E-state index >= 15 is 0 Å². The maximum absolute atomic E-state index is 13.7. The summed E-state index contributed by atoms with van der Waals surface area (Å²) < 4.78 is 19.2. The number of nitriles is 1.